The van der Waals surface area contributed by atoms with Gasteiger partial charge in [-0.3, -0.25) is 9.48 Å². The molecule has 4 nitrogen and oxygen atoms in total. The highest BCUT2D eigenvalue weighted by atomic mass is 16.1. The Bertz CT molecular complexity index is 725. The fraction of sp³-hybridized carbons (Fsp3) is 0.0769. The molecule has 0 aliphatic heterocycles. The fourth-order valence-corrected chi connectivity index (χ4v) is 1.94. The van der Waals surface area contributed by atoms with E-state index in [-0.39, 0.29) is 5.56 Å². The number of benzene rings is 1. The van der Waals surface area contributed by atoms with Crippen molar-refractivity contribution in [3.05, 3.63) is 52.9 Å². The van der Waals surface area contributed by atoms with E-state index in [2.05, 4.69) is 10.1 Å². The summed E-state index contributed by atoms with van der Waals surface area (Å²) in [6.45, 7) is 0. The van der Waals surface area contributed by atoms with Gasteiger partial charge in [-0.2, -0.15) is 5.10 Å². The molecule has 0 atom stereocenters. The van der Waals surface area contributed by atoms with E-state index < -0.39 is 0 Å². The zero-order chi connectivity index (χ0) is 11.8. The van der Waals surface area contributed by atoms with Gasteiger partial charge in [0.25, 0.3) is 5.56 Å². The minimum absolute atomic E-state index is 0.151. The van der Waals surface area contributed by atoms with Crippen molar-refractivity contribution in [3.8, 4) is 11.3 Å². The summed E-state index contributed by atoms with van der Waals surface area (Å²) in [5, 5.41) is 4.98. The summed E-state index contributed by atoms with van der Waals surface area (Å²) in [6, 6.07) is 11.7. The second-order valence-corrected chi connectivity index (χ2v) is 3.98. The van der Waals surface area contributed by atoms with Crippen molar-refractivity contribution in [3.63, 3.8) is 0 Å². The van der Waals surface area contributed by atoms with Gasteiger partial charge in [0.05, 0.1) is 0 Å². The van der Waals surface area contributed by atoms with Crippen LogP contribution in [0.2, 0.25) is 0 Å². The molecular weight excluding hydrogens is 214 g/mol. The molecule has 0 amide bonds. The number of rotatable bonds is 1. The van der Waals surface area contributed by atoms with Crippen LogP contribution in [0.15, 0.2) is 47.4 Å². The molecule has 1 aromatic carbocycles. The third-order valence-electron chi connectivity index (χ3n) is 2.71. The van der Waals surface area contributed by atoms with E-state index in [1.54, 1.807) is 4.68 Å². The topological polar surface area (TPSA) is 50.7 Å². The van der Waals surface area contributed by atoms with Crippen LogP contribution in [0, 0.1) is 0 Å². The molecule has 0 aliphatic carbocycles. The van der Waals surface area contributed by atoms with E-state index in [0.29, 0.717) is 5.52 Å². The summed E-state index contributed by atoms with van der Waals surface area (Å²) in [4.78, 5) is 14.7. The van der Waals surface area contributed by atoms with Gasteiger partial charge in [-0.05, 0) is 11.6 Å². The summed E-state index contributed by atoms with van der Waals surface area (Å²) in [5.74, 6) is 0. The molecule has 4 heteroatoms. The number of nitrogens with one attached hydrogen (secondary N) is 1. The van der Waals surface area contributed by atoms with Crippen LogP contribution < -0.4 is 5.56 Å². The van der Waals surface area contributed by atoms with Crippen molar-refractivity contribution in [2.75, 3.05) is 0 Å². The zero-order valence-electron chi connectivity index (χ0n) is 9.34. The first kappa shape index (κ1) is 9.84. The van der Waals surface area contributed by atoms with Gasteiger partial charge in [0.2, 0.25) is 0 Å². The number of hydrogen-bond acceptors (Lipinski definition) is 2. The molecule has 2 aromatic heterocycles. The second-order valence-electron chi connectivity index (χ2n) is 3.98. The van der Waals surface area contributed by atoms with Gasteiger partial charge in [0.15, 0.2) is 5.52 Å². The van der Waals surface area contributed by atoms with Crippen LogP contribution in [-0.4, -0.2) is 14.8 Å². The second kappa shape index (κ2) is 3.59. The predicted octanol–water partition coefficient (Wildman–Crippen LogP) is 1.93. The molecule has 2 heterocycles. The number of hydrogen-bond donors (Lipinski definition) is 1. The SMILES string of the molecule is Cn1cc2cc(-c3ccccc3)[nH]c(=O)c2n1. The van der Waals surface area contributed by atoms with E-state index in [4.69, 9.17) is 0 Å². The van der Waals surface area contributed by atoms with Gasteiger partial charge in [-0.25, -0.2) is 0 Å². The van der Waals surface area contributed by atoms with Crippen molar-refractivity contribution in [2.45, 2.75) is 0 Å². The fourth-order valence-electron chi connectivity index (χ4n) is 1.94. The lowest BCUT2D eigenvalue weighted by molar-refractivity contribution is 0.778. The standard InChI is InChI=1S/C13H11N3O/c1-16-8-10-7-11(9-5-3-2-4-6-9)14-13(17)12(10)15-16/h2-8H,1H3,(H,14,17). The minimum Gasteiger partial charge on any atom is -0.320 e. The lowest BCUT2D eigenvalue weighted by Gasteiger charge is -2.00. The number of aromatic amines is 1. The molecule has 0 saturated carbocycles. The van der Waals surface area contributed by atoms with Crippen LogP contribution in [0.5, 0.6) is 0 Å². The van der Waals surface area contributed by atoms with Gasteiger partial charge in [0, 0.05) is 24.3 Å². The lowest BCUT2D eigenvalue weighted by atomic mass is 10.1. The summed E-state index contributed by atoms with van der Waals surface area (Å²) in [6.07, 6.45) is 1.84. The van der Waals surface area contributed by atoms with Crippen LogP contribution in [-0.2, 0) is 7.05 Å². The van der Waals surface area contributed by atoms with E-state index in [0.717, 1.165) is 16.6 Å². The Hall–Kier alpha value is -2.36. The monoisotopic (exact) mass is 225 g/mol. The molecule has 0 fully saturated rings. The summed E-state index contributed by atoms with van der Waals surface area (Å²) < 4.78 is 1.65. The van der Waals surface area contributed by atoms with Crippen LogP contribution in [0.4, 0.5) is 0 Å². The summed E-state index contributed by atoms with van der Waals surface area (Å²) in [7, 11) is 1.81. The first-order valence-corrected chi connectivity index (χ1v) is 5.36. The average molecular weight is 225 g/mol. The van der Waals surface area contributed by atoms with E-state index in [9.17, 15) is 4.79 Å². The Morgan fingerprint density at radius 1 is 1.24 bits per heavy atom. The molecular formula is C13H11N3O. The summed E-state index contributed by atoms with van der Waals surface area (Å²) >= 11 is 0. The number of nitrogens with zero attached hydrogens (tertiary/aromatic N) is 2. The average Bonchev–Trinajstić information content (AvgIpc) is 2.71. The lowest BCUT2D eigenvalue weighted by Crippen LogP contribution is -2.07. The van der Waals surface area contributed by atoms with Crippen molar-refractivity contribution < 1.29 is 0 Å². The normalized spacial score (nSPS) is 10.9. The van der Waals surface area contributed by atoms with E-state index in [1.807, 2.05) is 49.6 Å². The Kier molecular flexibility index (Phi) is 2.08. The largest absolute Gasteiger partial charge is 0.320 e. The number of fused-ring (bicyclic) bond motifs is 1. The molecule has 0 aliphatic rings. The van der Waals surface area contributed by atoms with Crippen molar-refractivity contribution >= 4 is 10.9 Å². The van der Waals surface area contributed by atoms with E-state index >= 15 is 0 Å². The summed E-state index contributed by atoms with van der Waals surface area (Å²) in [5.41, 5.74) is 2.14. The van der Waals surface area contributed by atoms with Crippen molar-refractivity contribution in [1.29, 1.82) is 0 Å². The smallest absolute Gasteiger partial charge is 0.276 e. The van der Waals surface area contributed by atoms with Crippen molar-refractivity contribution in [1.82, 2.24) is 14.8 Å². The highest BCUT2D eigenvalue weighted by Gasteiger charge is 2.06. The molecule has 0 spiro atoms. The van der Waals surface area contributed by atoms with Gasteiger partial charge >= 0.3 is 0 Å². The Morgan fingerprint density at radius 3 is 2.76 bits per heavy atom. The third kappa shape index (κ3) is 1.63. The van der Waals surface area contributed by atoms with Gasteiger partial charge in [0.1, 0.15) is 0 Å². The maximum Gasteiger partial charge on any atom is 0.276 e. The van der Waals surface area contributed by atoms with Crippen molar-refractivity contribution in [2.24, 2.45) is 7.05 Å². The Labute approximate surface area is 97.5 Å². The predicted molar refractivity (Wildman–Crippen MR) is 66.8 cm³/mol. The Balaban J connectivity index is 2.29. The van der Waals surface area contributed by atoms with Gasteiger partial charge in [-0.15, -0.1) is 0 Å². The van der Waals surface area contributed by atoms with Gasteiger partial charge in [-0.1, -0.05) is 30.3 Å². The maximum absolute atomic E-state index is 11.9. The van der Waals surface area contributed by atoms with E-state index in [1.165, 1.54) is 0 Å². The molecule has 3 aromatic rings. The van der Waals surface area contributed by atoms with Crippen LogP contribution in [0.1, 0.15) is 0 Å². The number of aromatic nitrogens is 3. The third-order valence-corrected chi connectivity index (χ3v) is 2.71. The molecule has 0 radical (unpaired) electrons. The molecule has 84 valence electrons. The molecule has 1 N–H and O–H groups in total. The molecule has 17 heavy (non-hydrogen) atoms. The highest BCUT2D eigenvalue weighted by Crippen LogP contribution is 2.18. The highest BCUT2D eigenvalue weighted by molar-refractivity contribution is 5.81. The zero-order valence-corrected chi connectivity index (χ0v) is 9.34. The maximum atomic E-state index is 11.9. The van der Waals surface area contributed by atoms with Gasteiger partial charge < -0.3 is 4.98 Å². The van der Waals surface area contributed by atoms with Crippen LogP contribution in [0.3, 0.4) is 0 Å². The molecule has 0 saturated heterocycles. The van der Waals surface area contributed by atoms with Crippen LogP contribution in [0.25, 0.3) is 22.2 Å². The van der Waals surface area contributed by atoms with Crippen LogP contribution >= 0.6 is 0 Å². The molecule has 0 bridgehead atoms. The quantitative estimate of drug-likeness (QED) is 0.688. The molecule has 3 rings (SSSR count). The first-order valence-electron chi connectivity index (χ1n) is 5.36. The number of H-pyrrole nitrogens is 1. The molecule has 0 unspecified atom stereocenters. The first-order chi connectivity index (χ1) is 8.24. The number of pyridine rings is 1. The number of aryl methyl sites for hydroxylation is 1. The minimum atomic E-state index is -0.151. The Morgan fingerprint density at radius 2 is 2.00 bits per heavy atom.